The van der Waals surface area contributed by atoms with Crippen LogP contribution in [0.2, 0.25) is 0 Å². The van der Waals surface area contributed by atoms with Crippen molar-refractivity contribution < 1.29 is 23.8 Å². The summed E-state index contributed by atoms with van der Waals surface area (Å²) in [5, 5.41) is 4.23. The Balaban J connectivity index is 1.32. The van der Waals surface area contributed by atoms with Crippen LogP contribution in [-0.2, 0) is 4.74 Å². The van der Waals surface area contributed by atoms with Crippen LogP contribution in [0.1, 0.15) is 37.8 Å². The molecule has 9 heteroatoms. The van der Waals surface area contributed by atoms with E-state index < -0.39 is 5.97 Å². The average molecular weight is 473 g/mol. The van der Waals surface area contributed by atoms with Crippen LogP contribution in [-0.4, -0.2) is 50.9 Å². The van der Waals surface area contributed by atoms with Gasteiger partial charge >= 0.3 is 5.97 Å². The number of esters is 1. The Bertz CT molecular complexity index is 1420. The third-order valence-corrected chi connectivity index (χ3v) is 5.95. The SMILES string of the molecule is Cc1c(C(=O)OCC(=O)c2cc(C)n(-c3ccc4c(c3)OCCO4)c2C)cnn1-c1ccccn1. The van der Waals surface area contributed by atoms with Gasteiger partial charge in [0, 0.05) is 34.9 Å². The number of nitrogens with zero attached hydrogens (tertiary/aromatic N) is 4. The molecule has 0 saturated heterocycles. The van der Waals surface area contributed by atoms with E-state index in [1.807, 2.05) is 42.7 Å². The summed E-state index contributed by atoms with van der Waals surface area (Å²) in [7, 11) is 0. The zero-order valence-electron chi connectivity index (χ0n) is 19.6. The van der Waals surface area contributed by atoms with E-state index in [-0.39, 0.29) is 18.0 Å². The quantitative estimate of drug-likeness (QED) is 0.311. The smallest absolute Gasteiger partial charge is 0.342 e. The first-order valence-electron chi connectivity index (χ1n) is 11.2. The second-order valence-corrected chi connectivity index (χ2v) is 8.19. The molecule has 1 aliphatic heterocycles. The zero-order valence-corrected chi connectivity index (χ0v) is 19.6. The van der Waals surface area contributed by atoms with Crippen molar-refractivity contribution >= 4 is 11.8 Å². The summed E-state index contributed by atoms with van der Waals surface area (Å²) < 4.78 is 20.2. The lowest BCUT2D eigenvalue weighted by Gasteiger charge is -2.20. The predicted octanol–water partition coefficient (Wildman–Crippen LogP) is 3.79. The molecule has 4 aromatic rings. The fraction of sp³-hybridized carbons (Fsp3) is 0.231. The number of aromatic nitrogens is 4. The van der Waals surface area contributed by atoms with E-state index in [4.69, 9.17) is 14.2 Å². The molecule has 9 nitrogen and oxygen atoms in total. The van der Waals surface area contributed by atoms with Crippen molar-refractivity contribution in [1.29, 1.82) is 0 Å². The van der Waals surface area contributed by atoms with Crippen LogP contribution in [0.4, 0.5) is 0 Å². The first-order chi connectivity index (χ1) is 16.9. The predicted molar refractivity (Wildman–Crippen MR) is 127 cm³/mol. The van der Waals surface area contributed by atoms with E-state index in [0.29, 0.717) is 41.8 Å². The van der Waals surface area contributed by atoms with Gasteiger partial charge in [-0.1, -0.05) is 6.07 Å². The number of ketones is 1. The van der Waals surface area contributed by atoms with E-state index in [1.165, 1.54) is 6.20 Å². The molecule has 1 aromatic carbocycles. The van der Waals surface area contributed by atoms with Crippen molar-refractivity contribution in [3.8, 4) is 23.0 Å². The van der Waals surface area contributed by atoms with Gasteiger partial charge in [0.25, 0.3) is 0 Å². The standard InChI is InChI=1S/C26H24N4O5/c1-16-12-20(17(2)29(16)19-7-8-23-24(13-19)34-11-10-33-23)22(31)15-35-26(32)21-14-28-30(18(21)3)25-6-4-5-9-27-25/h4-9,12-14H,10-11,15H2,1-3H3. The summed E-state index contributed by atoms with van der Waals surface area (Å²) >= 11 is 0. The largest absolute Gasteiger partial charge is 0.486 e. The highest BCUT2D eigenvalue weighted by molar-refractivity contribution is 6.00. The monoisotopic (exact) mass is 472 g/mol. The molecule has 0 radical (unpaired) electrons. The van der Waals surface area contributed by atoms with Gasteiger partial charge in [0.05, 0.1) is 11.9 Å². The van der Waals surface area contributed by atoms with Crippen molar-refractivity contribution in [2.75, 3.05) is 19.8 Å². The second-order valence-electron chi connectivity index (χ2n) is 8.19. The highest BCUT2D eigenvalue weighted by Crippen LogP contribution is 2.33. The maximum absolute atomic E-state index is 13.0. The van der Waals surface area contributed by atoms with Gasteiger partial charge in [0.15, 0.2) is 23.9 Å². The van der Waals surface area contributed by atoms with Crippen molar-refractivity contribution in [3.63, 3.8) is 0 Å². The molecule has 35 heavy (non-hydrogen) atoms. The van der Waals surface area contributed by atoms with Crippen molar-refractivity contribution in [3.05, 3.63) is 83.1 Å². The normalized spacial score (nSPS) is 12.4. The minimum atomic E-state index is -0.612. The molecule has 3 aromatic heterocycles. The number of pyridine rings is 1. The Morgan fingerprint density at radius 1 is 0.971 bits per heavy atom. The molecule has 0 spiro atoms. The molecular weight excluding hydrogens is 448 g/mol. The topological polar surface area (TPSA) is 97.5 Å². The molecule has 0 fully saturated rings. The van der Waals surface area contributed by atoms with Crippen LogP contribution >= 0.6 is 0 Å². The number of rotatable bonds is 6. The molecule has 0 aliphatic carbocycles. The summed E-state index contributed by atoms with van der Waals surface area (Å²) in [4.78, 5) is 29.9. The van der Waals surface area contributed by atoms with Crippen LogP contribution in [0.25, 0.3) is 11.5 Å². The lowest BCUT2D eigenvalue weighted by Crippen LogP contribution is -2.16. The molecule has 0 unspecified atom stereocenters. The summed E-state index contributed by atoms with van der Waals surface area (Å²) in [5.74, 6) is 1.06. The number of Topliss-reactive ketones (excluding diaryl/α,β-unsaturated/α-hetero) is 1. The van der Waals surface area contributed by atoms with Gasteiger partial charge in [-0.15, -0.1) is 0 Å². The van der Waals surface area contributed by atoms with Crippen LogP contribution in [0.15, 0.2) is 54.9 Å². The fourth-order valence-corrected chi connectivity index (χ4v) is 4.22. The molecule has 178 valence electrons. The van der Waals surface area contributed by atoms with Crippen LogP contribution in [0.5, 0.6) is 11.5 Å². The Labute approximate surface area is 201 Å². The molecule has 0 saturated carbocycles. The maximum Gasteiger partial charge on any atom is 0.342 e. The van der Waals surface area contributed by atoms with E-state index in [2.05, 4.69) is 10.1 Å². The summed E-state index contributed by atoms with van der Waals surface area (Å²) in [6.45, 7) is 6.17. The van der Waals surface area contributed by atoms with Gasteiger partial charge in [-0.3, -0.25) is 4.79 Å². The molecule has 1 aliphatic rings. The van der Waals surface area contributed by atoms with Gasteiger partial charge in [0.1, 0.15) is 18.8 Å². The first-order valence-corrected chi connectivity index (χ1v) is 11.2. The summed E-state index contributed by atoms with van der Waals surface area (Å²) in [6.07, 6.45) is 3.07. The zero-order chi connectivity index (χ0) is 24.5. The van der Waals surface area contributed by atoms with Crippen LogP contribution < -0.4 is 9.47 Å². The van der Waals surface area contributed by atoms with E-state index in [0.717, 1.165) is 17.1 Å². The second kappa shape index (κ2) is 9.09. The maximum atomic E-state index is 13.0. The Morgan fingerprint density at radius 3 is 2.54 bits per heavy atom. The minimum Gasteiger partial charge on any atom is -0.486 e. The number of fused-ring (bicyclic) bond motifs is 1. The summed E-state index contributed by atoms with van der Waals surface area (Å²) in [5.41, 5.74) is 3.84. The molecule has 0 atom stereocenters. The minimum absolute atomic E-state index is 0.283. The van der Waals surface area contributed by atoms with Gasteiger partial charge in [-0.25, -0.2) is 14.5 Å². The fourth-order valence-electron chi connectivity index (χ4n) is 4.22. The number of hydrogen-bond acceptors (Lipinski definition) is 7. The number of carbonyl (C=O) groups excluding carboxylic acids is 2. The number of benzene rings is 1. The molecular formula is C26H24N4O5. The lowest BCUT2D eigenvalue weighted by molar-refractivity contribution is 0.0473. The Hall–Kier alpha value is -4.40. The van der Waals surface area contributed by atoms with Crippen LogP contribution in [0.3, 0.4) is 0 Å². The Morgan fingerprint density at radius 2 is 1.77 bits per heavy atom. The van der Waals surface area contributed by atoms with Gasteiger partial charge in [0.2, 0.25) is 5.78 Å². The molecule has 0 bridgehead atoms. The Kier molecular flexibility index (Phi) is 5.82. The average Bonchev–Trinajstić information content (AvgIpc) is 3.41. The highest BCUT2D eigenvalue weighted by Gasteiger charge is 2.22. The third-order valence-electron chi connectivity index (χ3n) is 5.95. The van der Waals surface area contributed by atoms with Gasteiger partial charge < -0.3 is 18.8 Å². The number of hydrogen-bond donors (Lipinski definition) is 0. The number of aryl methyl sites for hydroxylation is 1. The van der Waals surface area contributed by atoms with Crippen molar-refractivity contribution in [2.24, 2.45) is 0 Å². The molecule has 4 heterocycles. The number of ether oxygens (including phenoxy) is 3. The molecule has 5 rings (SSSR count). The lowest BCUT2D eigenvalue weighted by atomic mass is 10.1. The number of carbonyl (C=O) groups is 2. The molecule has 0 N–H and O–H groups in total. The highest BCUT2D eigenvalue weighted by atomic mass is 16.6. The van der Waals surface area contributed by atoms with Gasteiger partial charge in [-0.2, -0.15) is 5.10 Å². The van der Waals surface area contributed by atoms with Crippen molar-refractivity contribution in [1.82, 2.24) is 19.3 Å². The van der Waals surface area contributed by atoms with Crippen LogP contribution in [0, 0.1) is 20.8 Å². The van der Waals surface area contributed by atoms with Gasteiger partial charge in [-0.05, 0) is 51.1 Å². The van der Waals surface area contributed by atoms with Crippen molar-refractivity contribution in [2.45, 2.75) is 20.8 Å². The third kappa shape index (κ3) is 4.16. The van der Waals surface area contributed by atoms with E-state index in [1.54, 1.807) is 36.0 Å². The first kappa shape index (κ1) is 22.4. The van der Waals surface area contributed by atoms with E-state index in [9.17, 15) is 9.59 Å². The summed E-state index contributed by atoms with van der Waals surface area (Å²) in [6, 6.07) is 12.9. The molecule has 0 amide bonds. The van der Waals surface area contributed by atoms with E-state index >= 15 is 0 Å².